The molecular formula is C23H16N2. The quantitative estimate of drug-likeness (QED) is 0.245. The van der Waals surface area contributed by atoms with Gasteiger partial charge in [0, 0.05) is 5.56 Å². The van der Waals surface area contributed by atoms with Gasteiger partial charge in [0.25, 0.3) is 0 Å². The number of benzene rings is 5. The Morgan fingerprint density at radius 3 is 2.08 bits per heavy atom. The van der Waals surface area contributed by atoms with E-state index in [9.17, 15) is 0 Å². The van der Waals surface area contributed by atoms with Crippen molar-refractivity contribution in [2.24, 2.45) is 5.10 Å². The zero-order valence-electron chi connectivity index (χ0n) is 13.6. The molecule has 1 N–H and O–H groups in total. The molecule has 5 rings (SSSR count). The third-order valence-electron chi connectivity index (χ3n) is 4.73. The fraction of sp³-hybridized carbons (Fsp3) is 0. The average Bonchev–Trinajstić information content (AvgIpc) is 2.68. The lowest BCUT2D eigenvalue weighted by Crippen LogP contribution is -1.92. The lowest BCUT2D eigenvalue weighted by atomic mass is 9.92. The van der Waals surface area contributed by atoms with Crippen LogP contribution in [0, 0.1) is 0 Å². The zero-order chi connectivity index (χ0) is 16.6. The Labute approximate surface area is 145 Å². The van der Waals surface area contributed by atoms with Gasteiger partial charge in [-0.3, -0.25) is 5.43 Å². The zero-order valence-corrected chi connectivity index (χ0v) is 13.6. The summed E-state index contributed by atoms with van der Waals surface area (Å²) in [6.45, 7) is 0. The number of hydrazone groups is 1. The average molecular weight is 320 g/mol. The third kappa shape index (κ3) is 2.31. The molecule has 5 aromatic rings. The van der Waals surface area contributed by atoms with E-state index in [0.29, 0.717) is 0 Å². The van der Waals surface area contributed by atoms with Gasteiger partial charge in [-0.15, -0.1) is 0 Å². The van der Waals surface area contributed by atoms with Crippen LogP contribution >= 0.6 is 0 Å². The molecular weight excluding hydrogens is 304 g/mol. The highest BCUT2D eigenvalue weighted by atomic mass is 15.3. The molecule has 0 aliphatic carbocycles. The smallest absolute Gasteiger partial charge is 0.0561 e. The summed E-state index contributed by atoms with van der Waals surface area (Å²) >= 11 is 0. The molecule has 2 heteroatoms. The maximum absolute atomic E-state index is 4.42. The minimum absolute atomic E-state index is 0.983. The molecule has 0 amide bonds. The fourth-order valence-corrected chi connectivity index (χ4v) is 3.56. The van der Waals surface area contributed by atoms with Gasteiger partial charge in [0.15, 0.2) is 0 Å². The largest absolute Gasteiger partial charge is 0.279 e. The van der Waals surface area contributed by atoms with Crippen molar-refractivity contribution >= 4 is 44.2 Å². The first kappa shape index (κ1) is 14.0. The first-order valence-electron chi connectivity index (χ1n) is 8.41. The van der Waals surface area contributed by atoms with Crippen LogP contribution in [0.25, 0.3) is 32.3 Å². The first-order valence-corrected chi connectivity index (χ1v) is 8.41. The molecule has 0 saturated heterocycles. The summed E-state index contributed by atoms with van der Waals surface area (Å²) < 4.78 is 0. The van der Waals surface area contributed by atoms with Gasteiger partial charge in [0.2, 0.25) is 0 Å². The molecule has 0 aliphatic rings. The Morgan fingerprint density at radius 1 is 0.600 bits per heavy atom. The van der Waals surface area contributed by atoms with E-state index in [2.05, 4.69) is 65.1 Å². The summed E-state index contributed by atoms with van der Waals surface area (Å²) in [4.78, 5) is 0. The number of anilines is 1. The minimum Gasteiger partial charge on any atom is -0.279 e. The SMILES string of the molecule is C(=N\Nc1ccccc1)/c1ccc2ccc3cccc4ccc1c2c34. The van der Waals surface area contributed by atoms with Crippen LogP contribution in [0.5, 0.6) is 0 Å². The van der Waals surface area contributed by atoms with Gasteiger partial charge < -0.3 is 0 Å². The van der Waals surface area contributed by atoms with Crippen molar-refractivity contribution < 1.29 is 0 Å². The molecule has 5 aromatic carbocycles. The predicted molar refractivity (Wildman–Crippen MR) is 108 cm³/mol. The molecule has 0 spiro atoms. The summed E-state index contributed by atoms with van der Waals surface area (Å²) in [5.41, 5.74) is 5.19. The Bertz CT molecular complexity index is 1190. The van der Waals surface area contributed by atoms with Crippen LogP contribution < -0.4 is 5.43 Å². The molecule has 0 unspecified atom stereocenters. The molecule has 0 atom stereocenters. The number of nitrogens with one attached hydrogen (secondary N) is 1. The van der Waals surface area contributed by atoms with Gasteiger partial charge in [-0.2, -0.15) is 5.10 Å². The van der Waals surface area contributed by atoms with Crippen molar-refractivity contribution in [3.8, 4) is 0 Å². The van der Waals surface area contributed by atoms with E-state index in [1.54, 1.807) is 0 Å². The summed E-state index contributed by atoms with van der Waals surface area (Å²) in [5.74, 6) is 0. The van der Waals surface area contributed by atoms with Gasteiger partial charge in [-0.05, 0) is 44.5 Å². The minimum atomic E-state index is 0.983. The lowest BCUT2D eigenvalue weighted by Gasteiger charge is -2.12. The van der Waals surface area contributed by atoms with E-state index < -0.39 is 0 Å². The van der Waals surface area contributed by atoms with Gasteiger partial charge >= 0.3 is 0 Å². The van der Waals surface area contributed by atoms with Gasteiger partial charge in [-0.1, -0.05) is 72.8 Å². The molecule has 2 nitrogen and oxygen atoms in total. The van der Waals surface area contributed by atoms with Crippen LogP contribution in [0.15, 0.2) is 90.0 Å². The maximum Gasteiger partial charge on any atom is 0.0561 e. The molecule has 0 fully saturated rings. The first-order chi connectivity index (χ1) is 12.4. The maximum atomic E-state index is 4.42. The van der Waals surface area contributed by atoms with Crippen molar-refractivity contribution in [1.82, 2.24) is 0 Å². The monoisotopic (exact) mass is 320 g/mol. The van der Waals surface area contributed by atoms with Crippen molar-refractivity contribution in [2.75, 3.05) is 5.43 Å². The van der Waals surface area contributed by atoms with Gasteiger partial charge in [0.05, 0.1) is 11.9 Å². The van der Waals surface area contributed by atoms with Gasteiger partial charge in [-0.25, -0.2) is 0 Å². The van der Waals surface area contributed by atoms with Crippen molar-refractivity contribution in [1.29, 1.82) is 0 Å². The topological polar surface area (TPSA) is 24.4 Å². The highest BCUT2D eigenvalue weighted by molar-refractivity contribution is 6.25. The van der Waals surface area contributed by atoms with Crippen LogP contribution in [0.4, 0.5) is 5.69 Å². The second kappa shape index (κ2) is 5.60. The second-order valence-electron chi connectivity index (χ2n) is 6.25. The highest BCUT2D eigenvalue weighted by Gasteiger charge is 2.09. The molecule has 25 heavy (non-hydrogen) atoms. The summed E-state index contributed by atoms with van der Waals surface area (Å²) in [6, 6.07) is 29.6. The Kier molecular flexibility index (Phi) is 3.14. The van der Waals surface area contributed by atoms with E-state index in [1.807, 2.05) is 36.5 Å². The van der Waals surface area contributed by atoms with Crippen molar-refractivity contribution in [3.05, 3.63) is 90.5 Å². The third-order valence-corrected chi connectivity index (χ3v) is 4.73. The highest BCUT2D eigenvalue weighted by Crippen LogP contribution is 2.35. The Balaban J connectivity index is 1.66. The number of hydrogen-bond acceptors (Lipinski definition) is 2. The van der Waals surface area contributed by atoms with E-state index in [4.69, 9.17) is 0 Å². The second-order valence-corrected chi connectivity index (χ2v) is 6.25. The molecule has 0 radical (unpaired) electrons. The number of para-hydroxylation sites is 1. The van der Waals surface area contributed by atoms with E-state index in [-0.39, 0.29) is 0 Å². The van der Waals surface area contributed by atoms with E-state index in [1.165, 1.54) is 32.3 Å². The standard InChI is InChI=1S/C23H16N2/c1-2-7-20(8-3-1)25-24-15-19-12-11-18-10-9-16-5-4-6-17-13-14-21(19)23(18)22(16)17/h1-15,25H/b24-15+. The molecule has 0 bridgehead atoms. The fourth-order valence-electron chi connectivity index (χ4n) is 3.56. The Hall–Kier alpha value is -3.39. The molecule has 118 valence electrons. The van der Waals surface area contributed by atoms with E-state index in [0.717, 1.165) is 11.3 Å². The van der Waals surface area contributed by atoms with Crippen LogP contribution in [0.2, 0.25) is 0 Å². The Morgan fingerprint density at radius 2 is 1.28 bits per heavy atom. The van der Waals surface area contributed by atoms with Crippen LogP contribution in [0.3, 0.4) is 0 Å². The predicted octanol–water partition coefficient (Wildman–Crippen LogP) is 6.03. The molecule has 0 saturated carbocycles. The van der Waals surface area contributed by atoms with Crippen LogP contribution in [-0.4, -0.2) is 6.21 Å². The normalized spacial score (nSPS) is 11.8. The van der Waals surface area contributed by atoms with E-state index >= 15 is 0 Å². The number of rotatable bonds is 3. The van der Waals surface area contributed by atoms with Crippen molar-refractivity contribution in [2.45, 2.75) is 0 Å². The lowest BCUT2D eigenvalue weighted by molar-refractivity contribution is 1.35. The van der Waals surface area contributed by atoms with Crippen molar-refractivity contribution in [3.63, 3.8) is 0 Å². The van der Waals surface area contributed by atoms with Crippen LogP contribution in [0.1, 0.15) is 5.56 Å². The van der Waals surface area contributed by atoms with Crippen LogP contribution in [-0.2, 0) is 0 Å². The number of nitrogens with zero attached hydrogens (tertiary/aromatic N) is 1. The summed E-state index contributed by atoms with van der Waals surface area (Å²) in [7, 11) is 0. The van der Waals surface area contributed by atoms with Gasteiger partial charge in [0.1, 0.15) is 0 Å². The summed E-state index contributed by atoms with van der Waals surface area (Å²) in [5, 5.41) is 12.2. The number of hydrogen-bond donors (Lipinski definition) is 1. The molecule has 0 heterocycles. The summed E-state index contributed by atoms with van der Waals surface area (Å²) in [6.07, 6.45) is 1.90. The molecule has 0 aromatic heterocycles. The molecule has 0 aliphatic heterocycles.